The lowest BCUT2D eigenvalue weighted by molar-refractivity contribution is 0.453. The fraction of sp³-hybridized carbons (Fsp3) is 0.704. The highest BCUT2D eigenvalue weighted by molar-refractivity contribution is 5.32. The Kier molecular flexibility index (Phi) is 17.5. The summed E-state index contributed by atoms with van der Waals surface area (Å²) in [5, 5.41) is 9.37. The Hall–Kier alpha value is -1.44. The molecule has 1 aromatic rings. The normalized spacial score (nSPS) is 11.3. The van der Waals surface area contributed by atoms with Crippen LogP contribution in [-0.2, 0) is 0 Å². The van der Waals surface area contributed by atoms with Gasteiger partial charge in [-0.1, -0.05) is 116 Å². The van der Waals surface area contributed by atoms with Crippen molar-refractivity contribution >= 4 is 0 Å². The molecule has 0 bridgehead atoms. The number of allylic oxidation sites excluding steroid dienone is 1. The lowest BCUT2D eigenvalue weighted by atomic mass is 10.0. The van der Waals surface area contributed by atoms with Crippen LogP contribution in [0.15, 0.2) is 36.6 Å². The molecule has 0 aromatic heterocycles. The van der Waals surface area contributed by atoms with Gasteiger partial charge in [-0.3, -0.25) is 0 Å². The number of benzene rings is 1. The molecule has 0 fully saturated rings. The average molecular weight is 403 g/mol. The highest BCUT2D eigenvalue weighted by Crippen LogP contribution is 2.18. The molecule has 1 aromatic carbocycles. The van der Waals surface area contributed by atoms with Gasteiger partial charge in [-0.05, 0) is 31.1 Å². The molecule has 0 amide bonds. The monoisotopic (exact) mass is 402 g/mol. The van der Waals surface area contributed by atoms with Gasteiger partial charge in [0.05, 0.1) is 6.26 Å². The van der Waals surface area contributed by atoms with Crippen molar-refractivity contribution in [3.63, 3.8) is 0 Å². The zero-order valence-electron chi connectivity index (χ0n) is 19.0. The first-order valence-corrected chi connectivity index (χ1v) is 12.4. The summed E-state index contributed by atoms with van der Waals surface area (Å²) in [7, 11) is 0. The predicted octanol–water partition coefficient (Wildman–Crippen LogP) is 9.33. The quantitative estimate of drug-likeness (QED) is 0.174. The number of aromatic hydroxyl groups is 1. The molecule has 1 rings (SSSR count). The van der Waals surface area contributed by atoms with Gasteiger partial charge in [-0.25, -0.2) is 0 Å². The Balaban J connectivity index is 1.74. The SMILES string of the molecule is CCCCCCCCCCCCCCCCCCCC=COc1cccc(O)c1. The molecule has 0 heterocycles. The first-order valence-electron chi connectivity index (χ1n) is 12.4. The minimum atomic E-state index is 0.240. The van der Waals surface area contributed by atoms with Crippen LogP contribution in [-0.4, -0.2) is 5.11 Å². The minimum absolute atomic E-state index is 0.240. The van der Waals surface area contributed by atoms with Crippen molar-refractivity contribution in [2.24, 2.45) is 0 Å². The van der Waals surface area contributed by atoms with Crippen molar-refractivity contribution in [2.45, 2.75) is 122 Å². The van der Waals surface area contributed by atoms with Gasteiger partial charge >= 0.3 is 0 Å². The Labute approximate surface area is 180 Å². The third-order valence-corrected chi connectivity index (χ3v) is 5.59. The summed E-state index contributed by atoms with van der Waals surface area (Å²) < 4.78 is 5.48. The first-order chi connectivity index (χ1) is 14.3. The first kappa shape index (κ1) is 25.6. The maximum Gasteiger partial charge on any atom is 0.130 e. The van der Waals surface area contributed by atoms with Gasteiger partial charge in [0.25, 0.3) is 0 Å². The van der Waals surface area contributed by atoms with Crippen LogP contribution in [0.1, 0.15) is 122 Å². The molecule has 0 aliphatic rings. The van der Waals surface area contributed by atoms with Crippen LogP contribution in [0.25, 0.3) is 0 Å². The van der Waals surface area contributed by atoms with Crippen LogP contribution in [0.3, 0.4) is 0 Å². The molecule has 1 N–H and O–H groups in total. The van der Waals surface area contributed by atoms with Gasteiger partial charge in [-0.2, -0.15) is 0 Å². The highest BCUT2D eigenvalue weighted by Gasteiger charge is 1.95. The molecular formula is C27H46O2. The second kappa shape index (κ2) is 19.9. The summed E-state index contributed by atoms with van der Waals surface area (Å²) >= 11 is 0. The Morgan fingerprint density at radius 2 is 1.17 bits per heavy atom. The van der Waals surface area contributed by atoms with Crippen LogP contribution >= 0.6 is 0 Å². The molecule has 0 spiro atoms. The number of rotatable bonds is 20. The number of hydrogen-bond donors (Lipinski definition) is 1. The summed E-state index contributed by atoms with van der Waals surface area (Å²) in [4.78, 5) is 0. The molecule has 0 atom stereocenters. The lowest BCUT2D eigenvalue weighted by Crippen LogP contribution is -1.84. The summed E-state index contributed by atoms with van der Waals surface area (Å²) in [6.07, 6.45) is 28.9. The second-order valence-electron chi connectivity index (χ2n) is 8.43. The van der Waals surface area contributed by atoms with Crippen LogP contribution in [0.5, 0.6) is 11.5 Å². The highest BCUT2D eigenvalue weighted by atomic mass is 16.5. The largest absolute Gasteiger partial charge is 0.508 e. The number of hydrogen-bond acceptors (Lipinski definition) is 2. The Morgan fingerprint density at radius 3 is 1.66 bits per heavy atom. The van der Waals surface area contributed by atoms with E-state index in [1.807, 2.05) is 6.07 Å². The summed E-state index contributed by atoms with van der Waals surface area (Å²) in [6, 6.07) is 6.91. The van der Waals surface area contributed by atoms with Crippen LogP contribution in [0.2, 0.25) is 0 Å². The van der Waals surface area contributed by atoms with Crippen molar-refractivity contribution in [3.8, 4) is 11.5 Å². The maximum atomic E-state index is 9.37. The molecule has 2 heteroatoms. The molecule has 166 valence electrons. The minimum Gasteiger partial charge on any atom is -0.508 e. The molecule has 2 nitrogen and oxygen atoms in total. The van der Waals surface area contributed by atoms with E-state index in [4.69, 9.17) is 4.74 Å². The number of unbranched alkanes of at least 4 members (excludes halogenated alkanes) is 17. The summed E-state index contributed by atoms with van der Waals surface area (Å²) in [6.45, 7) is 2.29. The van der Waals surface area contributed by atoms with Crippen molar-refractivity contribution in [1.82, 2.24) is 0 Å². The van der Waals surface area contributed by atoms with E-state index < -0.39 is 0 Å². The smallest absolute Gasteiger partial charge is 0.130 e. The van der Waals surface area contributed by atoms with E-state index in [1.165, 1.54) is 109 Å². The molecule has 0 saturated carbocycles. The fourth-order valence-electron chi connectivity index (χ4n) is 3.74. The van der Waals surface area contributed by atoms with Crippen molar-refractivity contribution in [2.75, 3.05) is 0 Å². The lowest BCUT2D eigenvalue weighted by Gasteiger charge is -2.03. The van der Waals surface area contributed by atoms with E-state index in [2.05, 4.69) is 13.0 Å². The third kappa shape index (κ3) is 17.2. The third-order valence-electron chi connectivity index (χ3n) is 5.59. The maximum absolute atomic E-state index is 9.37. The van der Waals surface area contributed by atoms with Gasteiger partial charge < -0.3 is 9.84 Å². The predicted molar refractivity (Wildman–Crippen MR) is 127 cm³/mol. The zero-order valence-corrected chi connectivity index (χ0v) is 19.0. The number of ether oxygens (including phenoxy) is 1. The molecule has 0 unspecified atom stereocenters. The van der Waals surface area contributed by atoms with Crippen molar-refractivity contribution in [3.05, 3.63) is 36.6 Å². The standard InChI is InChI=1S/C27H46O2/c1-2-3-4-5-6-7-8-9-10-11-12-13-14-15-16-17-18-19-20-24-29-27-23-21-22-26(28)25-27/h20-25,28H,2-19H2,1H3. The topological polar surface area (TPSA) is 29.5 Å². The van der Waals surface area contributed by atoms with Gasteiger partial charge in [0.15, 0.2) is 0 Å². The molecule has 0 radical (unpaired) electrons. The molecule has 0 saturated heterocycles. The van der Waals surface area contributed by atoms with Crippen LogP contribution in [0, 0.1) is 0 Å². The summed E-state index contributed by atoms with van der Waals surface area (Å²) in [5.74, 6) is 0.924. The summed E-state index contributed by atoms with van der Waals surface area (Å²) in [5.41, 5.74) is 0. The van der Waals surface area contributed by atoms with Crippen LogP contribution < -0.4 is 4.74 Å². The fourth-order valence-corrected chi connectivity index (χ4v) is 3.74. The van der Waals surface area contributed by atoms with E-state index in [-0.39, 0.29) is 5.75 Å². The van der Waals surface area contributed by atoms with Crippen LogP contribution in [0.4, 0.5) is 0 Å². The van der Waals surface area contributed by atoms with Gasteiger partial charge in [-0.15, -0.1) is 0 Å². The van der Waals surface area contributed by atoms with E-state index in [9.17, 15) is 5.11 Å². The van der Waals surface area contributed by atoms with E-state index in [0.29, 0.717) is 5.75 Å². The number of phenols is 1. The molecule has 0 aliphatic carbocycles. The van der Waals surface area contributed by atoms with E-state index in [1.54, 1.807) is 24.5 Å². The van der Waals surface area contributed by atoms with E-state index >= 15 is 0 Å². The van der Waals surface area contributed by atoms with Gasteiger partial charge in [0, 0.05) is 6.07 Å². The molecular weight excluding hydrogens is 356 g/mol. The van der Waals surface area contributed by atoms with Gasteiger partial charge in [0.2, 0.25) is 0 Å². The average Bonchev–Trinajstić information content (AvgIpc) is 2.72. The second-order valence-corrected chi connectivity index (χ2v) is 8.43. The zero-order chi connectivity index (χ0) is 20.8. The van der Waals surface area contributed by atoms with E-state index in [0.717, 1.165) is 6.42 Å². The van der Waals surface area contributed by atoms with Gasteiger partial charge in [0.1, 0.15) is 11.5 Å². The Morgan fingerprint density at radius 1 is 0.690 bits per heavy atom. The molecule has 0 aliphatic heterocycles. The molecule has 29 heavy (non-hydrogen) atoms. The van der Waals surface area contributed by atoms with Crippen molar-refractivity contribution in [1.29, 1.82) is 0 Å². The van der Waals surface area contributed by atoms with Crippen molar-refractivity contribution < 1.29 is 9.84 Å². The number of phenolic OH excluding ortho intramolecular Hbond substituents is 1. The Bertz CT molecular complexity index is 495.